The standard InChI is InChI=1S/C10H20N2O3/c1-10(14-2,15-3)7-12-6-8(5-11)4-9(12)13/h8H,4-7,11H2,1-3H3. The molecule has 0 saturated carbocycles. The summed E-state index contributed by atoms with van der Waals surface area (Å²) in [5.41, 5.74) is 5.55. The Hall–Kier alpha value is -0.650. The van der Waals surface area contributed by atoms with E-state index in [0.717, 1.165) is 0 Å². The number of methoxy groups -OCH3 is 2. The summed E-state index contributed by atoms with van der Waals surface area (Å²) in [6.45, 7) is 3.53. The smallest absolute Gasteiger partial charge is 0.223 e. The fourth-order valence-electron chi connectivity index (χ4n) is 1.72. The number of carbonyl (C=O) groups excluding carboxylic acids is 1. The van der Waals surface area contributed by atoms with Gasteiger partial charge in [-0.25, -0.2) is 0 Å². The predicted octanol–water partition coefficient (Wildman–Crippen LogP) is -0.197. The van der Waals surface area contributed by atoms with Crippen LogP contribution in [0.25, 0.3) is 0 Å². The van der Waals surface area contributed by atoms with Crippen molar-refractivity contribution in [2.75, 3.05) is 33.9 Å². The normalized spacial score (nSPS) is 22.5. The minimum Gasteiger partial charge on any atom is -0.352 e. The molecule has 1 saturated heterocycles. The molecule has 0 spiro atoms. The molecule has 0 bridgehead atoms. The van der Waals surface area contributed by atoms with Crippen LogP contribution >= 0.6 is 0 Å². The summed E-state index contributed by atoms with van der Waals surface area (Å²) >= 11 is 0. The molecule has 0 aromatic carbocycles. The number of nitrogens with two attached hydrogens (primary N) is 1. The van der Waals surface area contributed by atoms with Crippen molar-refractivity contribution in [3.8, 4) is 0 Å². The zero-order valence-corrected chi connectivity index (χ0v) is 9.66. The Bertz CT molecular complexity index is 229. The summed E-state index contributed by atoms with van der Waals surface area (Å²) < 4.78 is 10.4. The van der Waals surface area contributed by atoms with Gasteiger partial charge >= 0.3 is 0 Å². The van der Waals surface area contributed by atoms with E-state index in [9.17, 15) is 4.79 Å². The number of carbonyl (C=O) groups is 1. The Balaban J connectivity index is 2.55. The highest BCUT2D eigenvalue weighted by atomic mass is 16.7. The van der Waals surface area contributed by atoms with Gasteiger partial charge in [0.2, 0.25) is 5.91 Å². The summed E-state index contributed by atoms with van der Waals surface area (Å²) in [5, 5.41) is 0. The van der Waals surface area contributed by atoms with Crippen LogP contribution in [0.1, 0.15) is 13.3 Å². The lowest BCUT2D eigenvalue weighted by Gasteiger charge is -2.31. The molecule has 2 N–H and O–H groups in total. The third-order valence-corrected chi connectivity index (χ3v) is 2.97. The van der Waals surface area contributed by atoms with Crippen LogP contribution in [-0.2, 0) is 14.3 Å². The maximum absolute atomic E-state index is 11.6. The number of hydrogen-bond donors (Lipinski definition) is 1. The van der Waals surface area contributed by atoms with Crippen molar-refractivity contribution in [3.05, 3.63) is 0 Å². The first-order chi connectivity index (χ1) is 7.04. The van der Waals surface area contributed by atoms with Gasteiger partial charge in [0.15, 0.2) is 5.79 Å². The van der Waals surface area contributed by atoms with Gasteiger partial charge in [-0.15, -0.1) is 0 Å². The number of ether oxygens (including phenoxy) is 2. The highest BCUT2D eigenvalue weighted by Gasteiger charge is 2.34. The largest absolute Gasteiger partial charge is 0.352 e. The monoisotopic (exact) mass is 216 g/mol. The second kappa shape index (κ2) is 4.92. The predicted molar refractivity (Wildman–Crippen MR) is 56.2 cm³/mol. The fraction of sp³-hybridized carbons (Fsp3) is 0.900. The molecule has 1 heterocycles. The summed E-state index contributed by atoms with van der Waals surface area (Å²) in [7, 11) is 3.15. The van der Waals surface area contributed by atoms with Crippen LogP contribution in [0.15, 0.2) is 0 Å². The summed E-state index contributed by atoms with van der Waals surface area (Å²) in [4.78, 5) is 13.4. The molecule has 5 nitrogen and oxygen atoms in total. The molecule has 1 aliphatic heterocycles. The van der Waals surface area contributed by atoms with E-state index in [2.05, 4.69) is 0 Å². The maximum atomic E-state index is 11.6. The Morgan fingerprint density at radius 2 is 2.13 bits per heavy atom. The van der Waals surface area contributed by atoms with Crippen molar-refractivity contribution < 1.29 is 14.3 Å². The van der Waals surface area contributed by atoms with Crippen molar-refractivity contribution in [1.29, 1.82) is 0 Å². The number of likely N-dealkylation sites (tertiary alicyclic amines) is 1. The molecule has 0 aliphatic carbocycles. The van der Waals surface area contributed by atoms with E-state index in [4.69, 9.17) is 15.2 Å². The Morgan fingerprint density at radius 1 is 1.53 bits per heavy atom. The molecule has 1 amide bonds. The van der Waals surface area contributed by atoms with Crippen LogP contribution in [0.5, 0.6) is 0 Å². The Kier molecular flexibility index (Phi) is 4.07. The zero-order chi connectivity index (χ0) is 11.5. The highest BCUT2D eigenvalue weighted by molar-refractivity contribution is 5.78. The molecule has 5 heteroatoms. The lowest BCUT2D eigenvalue weighted by molar-refractivity contribution is -0.203. The minimum absolute atomic E-state index is 0.130. The highest BCUT2D eigenvalue weighted by Crippen LogP contribution is 2.21. The van der Waals surface area contributed by atoms with Gasteiger partial charge in [-0.2, -0.15) is 0 Å². The number of nitrogens with zero attached hydrogens (tertiary/aromatic N) is 1. The van der Waals surface area contributed by atoms with Gasteiger partial charge in [-0.3, -0.25) is 4.79 Å². The lowest BCUT2D eigenvalue weighted by Crippen LogP contribution is -2.44. The van der Waals surface area contributed by atoms with Crippen LogP contribution in [0, 0.1) is 5.92 Å². The van der Waals surface area contributed by atoms with Gasteiger partial charge in [0, 0.05) is 27.2 Å². The molecule has 88 valence electrons. The number of hydrogen-bond acceptors (Lipinski definition) is 4. The van der Waals surface area contributed by atoms with Crippen molar-refractivity contribution in [2.45, 2.75) is 19.1 Å². The fourth-order valence-corrected chi connectivity index (χ4v) is 1.72. The molecule has 1 atom stereocenters. The second-order valence-electron chi connectivity index (χ2n) is 4.12. The molecule has 15 heavy (non-hydrogen) atoms. The molecule has 0 aromatic rings. The van der Waals surface area contributed by atoms with Gasteiger partial charge in [0.1, 0.15) is 0 Å². The number of amides is 1. The van der Waals surface area contributed by atoms with Gasteiger partial charge in [-0.1, -0.05) is 0 Å². The molecule has 1 fully saturated rings. The quantitative estimate of drug-likeness (QED) is 0.647. The van der Waals surface area contributed by atoms with Crippen LogP contribution in [0.4, 0.5) is 0 Å². The van der Waals surface area contributed by atoms with Crippen LogP contribution in [-0.4, -0.2) is 50.4 Å². The Morgan fingerprint density at radius 3 is 2.53 bits per heavy atom. The molecule has 0 aromatic heterocycles. The summed E-state index contributed by atoms with van der Waals surface area (Å²) in [6.07, 6.45) is 0.542. The molecular weight excluding hydrogens is 196 g/mol. The van der Waals surface area contributed by atoms with Crippen molar-refractivity contribution >= 4 is 5.91 Å². The van der Waals surface area contributed by atoms with Gasteiger partial charge in [0.05, 0.1) is 6.54 Å². The van der Waals surface area contributed by atoms with E-state index < -0.39 is 5.79 Å². The first-order valence-corrected chi connectivity index (χ1v) is 5.13. The molecule has 1 aliphatic rings. The third kappa shape index (κ3) is 2.90. The molecule has 0 radical (unpaired) electrons. The molecule has 1 unspecified atom stereocenters. The van der Waals surface area contributed by atoms with Crippen LogP contribution in [0.2, 0.25) is 0 Å². The third-order valence-electron chi connectivity index (χ3n) is 2.97. The first kappa shape index (κ1) is 12.4. The van der Waals surface area contributed by atoms with Gasteiger partial charge in [0.25, 0.3) is 0 Å². The van der Waals surface area contributed by atoms with E-state index in [-0.39, 0.29) is 11.8 Å². The second-order valence-corrected chi connectivity index (χ2v) is 4.12. The average molecular weight is 216 g/mol. The van der Waals surface area contributed by atoms with E-state index in [0.29, 0.717) is 26.1 Å². The first-order valence-electron chi connectivity index (χ1n) is 5.13. The average Bonchev–Trinajstić information content (AvgIpc) is 2.59. The topological polar surface area (TPSA) is 64.8 Å². The zero-order valence-electron chi connectivity index (χ0n) is 9.66. The SMILES string of the molecule is COC(C)(CN1CC(CN)CC1=O)OC. The molecular formula is C10H20N2O3. The van der Waals surface area contributed by atoms with E-state index in [1.165, 1.54) is 0 Å². The van der Waals surface area contributed by atoms with E-state index in [1.54, 1.807) is 19.1 Å². The van der Waals surface area contributed by atoms with E-state index in [1.807, 2.05) is 6.92 Å². The van der Waals surface area contributed by atoms with Crippen molar-refractivity contribution in [2.24, 2.45) is 11.7 Å². The van der Waals surface area contributed by atoms with Gasteiger partial charge < -0.3 is 20.1 Å². The van der Waals surface area contributed by atoms with Crippen molar-refractivity contribution in [1.82, 2.24) is 4.90 Å². The maximum Gasteiger partial charge on any atom is 0.223 e. The Labute approximate surface area is 90.5 Å². The van der Waals surface area contributed by atoms with Gasteiger partial charge in [-0.05, 0) is 19.4 Å². The lowest BCUT2D eigenvalue weighted by atomic mass is 10.1. The van der Waals surface area contributed by atoms with E-state index >= 15 is 0 Å². The minimum atomic E-state index is -0.723. The summed E-state index contributed by atoms with van der Waals surface area (Å²) in [6, 6.07) is 0. The summed E-state index contributed by atoms with van der Waals surface area (Å²) in [5.74, 6) is -0.319. The van der Waals surface area contributed by atoms with Crippen LogP contribution in [0.3, 0.4) is 0 Å². The van der Waals surface area contributed by atoms with Crippen molar-refractivity contribution in [3.63, 3.8) is 0 Å². The van der Waals surface area contributed by atoms with Crippen LogP contribution < -0.4 is 5.73 Å². The molecule has 1 rings (SSSR count). The number of rotatable bonds is 5.